The number of hydrogen-bond acceptors (Lipinski definition) is 6. The predicted molar refractivity (Wildman–Crippen MR) is 70.0 cm³/mol. The number of aromatic nitrogens is 2. The molecular weight excluding hydrogens is 268 g/mol. The van der Waals surface area contributed by atoms with E-state index < -0.39 is 10.0 Å². The van der Waals surface area contributed by atoms with Crippen molar-refractivity contribution in [2.45, 2.75) is 26.8 Å². The molecule has 1 aromatic heterocycles. The van der Waals surface area contributed by atoms with Crippen molar-refractivity contribution in [3.8, 4) is 0 Å². The van der Waals surface area contributed by atoms with Gasteiger partial charge in [-0.05, 0) is 13.3 Å². The minimum absolute atomic E-state index is 0.235. The number of nitrogens with zero attached hydrogens (tertiary/aromatic N) is 4. The molecule has 1 aliphatic rings. The third-order valence-corrected chi connectivity index (χ3v) is 5.38. The van der Waals surface area contributed by atoms with E-state index >= 15 is 0 Å². The lowest BCUT2D eigenvalue weighted by molar-refractivity contribution is 0.176. The smallest absolute Gasteiger partial charge is 0.214 e. The summed E-state index contributed by atoms with van der Waals surface area (Å²) in [6, 6.07) is 0. The van der Waals surface area contributed by atoms with Crippen molar-refractivity contribution in [1.29, 1.82) is 0 Å². The zero-order valence-electron chi connectivity index (χ0n) is 11.4. The van der Waals surface area contributed by atoms with Gasteiger partial charge in [0.1, 0.15) is 11.4 Å². The first kappa shape index (κ1) is 14.4. The Bertz CT molecular complexity index is 506. The van der Waals surface area contributed by atoms with Crippen LogP contribution in [-0.4, -0.2) is 59.9 Å². The zero-order chi connectivity index (χ0) is 13.9. The van der Waals surface area contributed by atoms with E-state index in [2.05, 4.69) is 19.8 Å². The third kappa shape index (κ3) is 3.52. The van der Waals surface area contributed by atoms with E-state index in [-0.39, 0.29) is 5.75 Å². The molecule has 0 N–H and O–H groups in total. The molecule has 2 heterocycles. The van der Waals surface area contributed by atoms with E-state index in [1.165, 1.54) is 0 Å². The van der Waals surface area contributed by atoms with Gasteiger partial charge in [-0.25, -0.2) is 13.0 Å². The third-order valence-electron chi connectivity index (χ3n) is 3.31. The molecule has 1 aliphatic heterocycles. The van der Waals surface area contributed by atoms with Gasteiger partial charge in [0.2, 0.25) is 10.0 Å². The van der Waals surface area contributed by atoms with Crippen molar-refractivity contribution in [1.82, 2.24) is 19.5 Å². The molecule has 2 rings (SSSR count). The first-order valence-electron chi connectivity index (χ1n) is 6.51. The maximum absolute atomic E-state index is 11.9. The molecule has 0 saturated carbocycles. The highest BCUT2D eigenvalue weighted by molar-refractivity contribution is 7.89. The molecular formula is C11H20N4O3S. The van der Waals surface area contributed by atoms with Crippen LogP contribution in [0.3, 0.4) is 0 Å². The van der Waals surface area contributed by atoms with Crippen molar-refractivity contribution in [2.24, 2.45) is 0 Å². The highest BCUT2D eigenvalue weighted by atomic mass is 32.2. The molecule has 19 heavy (non-hydrogen) atoms. The molecule has 0 amide bonds. The Balaban J connectivity index is 1.88. The molecule has 0 spiro atoms. The molecule has 7 nitrogen and oxygen atoms in total. The molecule has 1 aromatic rings. The van der Waals surface area contributed by atoms with Crippen molar-refractivity contribution in [3.63, 3.8) is 0 Å². The summed E-state index contributed by atoms with van der Waals surface area (Å²) in [7, 11) is -3.07. The minimum atomic E-state index is -3.07. The largest absolute Gasteiger partial charge is 0.295 e. The maximum Gasteiger partial charge on any atom is 0.214 e. The normalized spacial score (nSPS) is 18.8. The van der Waals surface area contributed by atoms with Crippen LogP contribution in [0.15, 0.2) is 4.63 Å². The van der Waals surface area contributed by atoms with Crippen LogP contribution in [-0.2, 0) is 16.6 Å². The predicted octanol–water partition coefficient (Wildman–Crippen LogP) is 0.235. The Morgan fingerprint density at radius 2 is 1.89 bits per heavy atom. The molecule has 1 fully saturated rings. The summed E-state index contributed by atoms with van der Waals surface area (Å²) in [5, 5.41) is 7.59. The van der Waals surface area contributed by atoms with Crippen LogP contribution in [0.4, 0.5) is 0 Å². The summed E-state index contributed by atoms with van der Waals surface area (Å²) in [4.78, 5) is 2.17. The lowest BCUT2D eigenvalue weighted by Gasteiger charge is -2.33. The summed E-state index contributed by atoms with van der Waals surface area (Å²) in [6.07, 6.45) is 0.659. The fourth-order valence-corrected chi connectivity index (χ4v) is 3.65. The van der Waals surface area contributed by atoms with Crippen molar-refractivity contribution >= 4 is 10.0 Å². The molecule has 0 aromatic carbocycles. The quantitative estimate of drug-likeness (QED) is 0.772. The van der Waals surface area contributed by atoms with Crippen LogP contribution in [0.1, 0.15) is 24.7 Å². The van der Waals surface area contributed by atoms with E-state index in [4.69, 9.17) is 0 Å². The molecule has 1 saturated heterocycles. The number of hydrogen-bond donors (Lipinski definition) is 0. The highest BCUT2D eigenvalue weighted by Crippen LogP contribution is 2.12. The molecule has 0 bridgehead atoms. The topological polar surface area (TPSA) is 79.5 Å². The molecule has 0 radical (unpaired) electrons. The Kier molecular flexibility index (Phi) is 4.54. The van der Waals surface area contributed by atoms with Gasteiger partial charge in [-0.1, -0.05) is 17.2 Å². The lowest BCUT2D eigenvalue weighted by Crippen LogP contribution is -2.48. The van der Waals surface area contributed by atoms with E-state index in [1.807, 2.05) is 13.8 Å². The number of sulfonamides is 1. The van der Waals surface area contributed by atoms with Crippen molar-refractivity contribution < 1.29 is 13.0 Å². The second-order valence-corrected chi connectivity index (χ2v) is 6.88. The molecule has 0 aliphatic carbocycles. The van der Waals surface area contributed by atoms with Gasteiger partial charge in [-0.2, -0.15) is 4.31 Å². The molecule has 0 unspecified atom stereocenters. The van der Waals surface area contributed by atoms with Crippen LogP contribution in [0.25, 0.3) is 0 Å². The van der Waals surface area contributed by atoms with Crippen LogP contribution < -0.4 is 0 Å². The maximum atomic E-state index is 11.9. The Morgan fingerprint density at radius 3 is 2.42 bits per heavy atom. The number of piperazine rings is 1. The summed E-state index contributed by atoms with van der Waals surface area (Å²) in [5.74, 6) is 0.235. The van der Waals surface area contributed by atoms with Crippen LogP contribution in [0, 0.1) is 6.92 Å². The second-order valence-electron chi connectivity index (χ2n) is 4.79. The van der Waals surface area contributed by atoms with E-state index in [1.54, 1.807) is 4.31 Å². The van der Waals surface area contributed by atoms with Gasteiger partial charge in [0.15, 0.2) is 0 Å². The lowest BCUT2D eigenvalue weighted by atomic mass is 10.3. The average molecular weight is 288 g/mol. The second kappa shape index (κ2) is 5.98. The van der Waals surface area contributed by atoms with Crippen molar-refractivity contribution in [3.05, 3.63) is 11.4 Å². The monoisotopic (exact) mass is 288 g/mol. The van der Waals surface area contributed by atoms with Gasteiger partial charge in [-0.15, -0.1) is 0 Å². The fraction of sp³-hybridized carbons (Fsp3) is 0.818. The minimum Gasteiger partial charge on any atom is -0.295 e. The standard InChI is InChI=1S/C11H20N4O3S/c1-3-8-19(16,17)15-6-4-14(5-7-15)9-11-10(2)12-18-13-11/h3-9H2,1-2H3. The summed E-state index contributed by atoms with van der Waals surface area (Å²) in [5.41, 5.74) is 1.62. The summed E-state index contributed by atoms with van der Waals surface area (Å²) >= 11 is 0. The van der Waals surface area contributed by atoms with Gasteiger partial charge in [0.05, 0.1) is 5.75 Å². The Labute approximate surface area is 113 Å². The first-order valence-corrected chi connectivity index (χ1v) is 8.12. The van der Waals surface area contributed by atoms with Crippen LogP contribution in [0.5, 0.6) is 0 Å². The summed E-state index contributed by atoms with van der Waals surface area (Å²) in [6.45, 7) is 6.93. The fourth-order valence-electron chi connectivity index (χ4n) is 2.16. The number of rotatable bonds is 5. The number of aryl methyl sites for hydroxylation is 1. The van der Waals surface area contributed by atoms with Crippen LogP contribution >= 0.6 is 0 Å². The molecule has 8 heteroatoms. The zero-order valence-corrected chi connectivity index (χ0v) is 12.2. The van der Waals surface area contributed by atoms with Gasteiger partial charge in [0.25, 0.3) is 0 Å². The van der Waals surface area contributed by atoms with Crippen molar-refractivity contribution in [2.75, 3.05) is 31.9 Å². The SMILES string of the molecule is CCCS(=O)(=O)N1CCN(Cc2nonc2C)CC1. The van der Waals surface area contributed by atoms with E-state index in [0.717, 1.165) is 24.5 Å². The Hall–Kier alpha value is -0.990. The molecule has 0 atom stereocenters. The molecule has 108 valence electrons. The Morgan fingerprint density at radius 1 is 1.21 bits per heavy atom. The first-order chi connectivity index (χ1) is 9.03. The van der Waals surface area contributed by atoms with E-state index in [0.29, 0.717) is 26.1 Å². The van der Waals surface area contributed by atoms with E-state index in [9.17, 15) is 8.42 Å². The van der Waals surface area contributed by atoms with Gasteiger partial charge in [-0.3, -0.25) is 4.90 Å². The summed E-state index contributed by atoms with van der Waals surface area (Å²) < 4.78 is 30.1. The van der Waals surface area contributed by atoms with Gasteiger partial charge in [0, 0.05) is 32.7 Å². The highest BCUT2D eigenvalue weighted by Gasteiger charge is 2.26. The van der Waals surface area contributed by atoms with Crippen LogP contribution in [0.2, 0.25) is 0 Å². The van der Waals surface area contributed by atoms with Gasteiger partial charge < -0.3 is 0 Å². The average Bonchev–Trinajstić information content (AvgIpc) is 2.76. The van der Waals surface area contributed by atoms with Gasteiger partial charge >= 0.3 is 0 Å².